The third kappa shape index (κ3) is 4.44. The fourth-order valence-corrected chi connectivity index (χ4v) is 3.02. The fraction of sp³-hybridized carbons (Fsp3) is 0.929. The van der Waals surface area contributed by atoms with Gasteiger partial charge in [-0.25, -0.2) is 0 Å². The van der Waals surface area contributed by atoms with Crippen LogP contribution < -0.4 is 5.32 Å². The molecule has 2 N–H and O–H groups in total. The Balaban J connectivity index is 1.74. The molecule has 2 atom stereocenters. The quantitative estimate of drug-likeness (QED) is 0.758. The monoisotopic (exact) mass is 270 g/mol. The molecule has 0 saturated carbocycles. The SMILES string of the molecule is O=C(NC[C@H]1CCCCN1CCO)[C@@H]1CCCOC1. The smallest absolute Gasteiger partial charge is 0.225 e. The molecule has 0 aromatic heterocycles. The van der Waals surface area contributed by atoms with Crippen LogP contribution in [0.1, 0.15) is 32.1 Å². The minimum Gasteiger partial charge on any atom is -0.395 e. The zero-order valence-corrected chi connectivity index (χ0v) is 11.6. The van der Waals surface area contributed by atoms with Crippen molar-refractivity contribution in [1.29, 1.82) is 0 Å². The number of ether oxygens (including phenoxy) is 1. The molecule has 0 aliphatic carbocycles. The van der Waals surface area contributed by atoms with E-state index >= 15 is 0 Å². The normalized spacial score (nSPS) is 29.1. The maximum atomic E-state index is 12.0. The molecule has 0 aromatic carbocycles. The summed E-state index contributed by atoms with van der Waals surface area (Å²) in [6, 6.07) is 0.384. The minimum atomic E-state index is 0.0311. The summed E-state index contributed by atoms with van der Waals surface area (Å²) in [4.78, 5) is 14.3. The van der Waals surface area contributed by atoms with Crippen molar-refractivity contribution < 1.29 is 14.6 Å². The van der Waals surface area contributed by atoms with Crippen LogP contribution in [0.3, 0.4) is 0 Å². The van der Waals surface area contributed by atoms with Crippen LogP contribution in [-0.4, -0.2) is 61.4 Å². The van der Waals surface area contributed by atoms with Crippen LogP contribution in [0.15, 0.2) is 0 Å². The van der Waals surface area contributed by atoms with Crippen LogP contribution in [0, 0.1) is 5.92 Å². The topological polar surface area (TPSA) is 61.8 Å². The van der Waals surface area contributed by atoms with Crippen molar-refractivity contribution in [3.8, 4) is 0 Å². The first kappa shape index (κ1) is 14.8. The number of aliphatic hydroxyl groups excluding tert-OH is 1. The summed E-state index contributed by atoms with van der Waals surface area (Å²) in [5, 5.41) is 12.1. The maximum absolute atomic E-state index is 12.0. The molecule has 2 rings (SSSR count). The van der Waals surface area contributed by atoms with Gasteiger partial charge in [0.25, 0.3) is 0 Å². The fourth-order valence-electron chi connectivity index (χ4n) is 3.02. The van der Waals surface area contributed by atoms with Crippen LogP contribution in [0.25, 0.3) is 0 Å². The molecule has 2 heterocycles. The Labute approximate surface area is 115 Å². The van der Waals surface area contributed by atoms with E-state index in [1.165, 1.54) is 12.8 Å². The second-order valence-electron chi connectivity index (χ2n) is 5.57. The summed E-state index contributed by atoms with van der Waals surface area (Å²) in [7, 11) is 0. The van der Waals surface area contributed by atoms with Gasteiger partial charge in [-0.05, 0) is 32.2 Å². The van der Waals surface area contributed by atoms with E-state index in [9.17, 15) is 4.79 Å². The first-order valence-corrected chi connectivity index (χ1v) is 7.51. The molecule has 2 aliphatic rings. The standard InChI is InChI=1S/C14H26N2O3/c17-8-7-16-6-2-1-5-13(16)10-15-14(18)12-4-3-9-19-11-12/h12-13,17H,1-11H2,(H,15,18)/t12-,13-/m1/s1. The van der Waals surface area contributed by atoms with E-state index in [0.717, 1.165) is 32.4 Å². The third-order valence-electron chi connectivity index (χ3n) is 4.18. The van der Waals surface area contributed by atoms with Crippen molar-refractivity contribution in [1.82, 2.24) is 10.2 Å². The van der Waals surface area contributed by atoms with E-state index in [4.69, 9.17) is 9.84 Å². The van der Waals surface area contributed by atoms with Gasteiger partial charge in [0.05, 0.1) is 19.1 Å². The Hall–Kier alpha value is -0.650. The van der Waals surface area contributed by atoms with Gasteiger partial charge in [0.15, 0.2) is 0 Å². The average Bonchev–Trinajstić information content (AvgIpc) is 2.47. The van der Waals surface area contributed by atoms with Gasteiger partial charge in [-0.3, -0.25) is 9.69 Å². The van der Waals surface area contributed by atoms with E-state index in [2.05, 4.69) is 10.2 Å². The summed E-state index contributed by atoms with van der Waals surface area (Å²) >= 11 is 0. The molecule has 2 saturated heterocycles. The van der Waals surface area contributed by atoms with Crippen molar-refractivity contribution in [2.45, 2.75) is 38.1 Å². The Morgan fingerprint density at radius 3 is 2.95 bits per heavy atom. The van der Waals surface area contributed by atoms with Crippen LogP contribution in [0.5, 0.6) is 0 Å². The number of β-amino-alcohol motifs (C(OH)–C–C–N with tert-alkyl or cyclic N) is 1. The lowest BCUT2D eigenvalue weighted by Gasteiger charge is -2.35. The van der Waals surface area contributed by atoms with Crippen molar-refractivity contribution in [3.63, 3.8) is 0 Å². The summed E-state index contributed by atoms with van der Waals surface area (Å²) in [5.74, 6) is 0.165. The van der Waals surface area contributed by atoms with Gasteiger partial charge in [-0.15, -0.1) is 0 Å². The van der Waals surface area contributed by atoms with Crippen molar-refractivity contribution in [3.05, 3.63) is 0 Å². The molecule has 0 spiro atoms. The predicted octanol–water partition coefficient (Wildman–Crippen LogP) is 0.376. The van der Waals surface area contributed by atoms with E-state index in [-0.39, 0.29) is 18.4 Å². The Morgan fingerprint density at radius 2 is 2.21 bits per heavy atom. The zero-order valence-electron chi connectivity index (χ0n) is 11.6. The molecule has 110 valence electrons. The van der Waals surface area contributed by atoms with Gasteiger partial charge < -0.3 is 15.2 Å². The van der Waals surface area contributed by atoms with Gasteiger partial charge in [0.1, 0.15) is 0 Å². The molecular formula is C14H26N2O3. The first-order valence-electron chi connectivity index (χ1n) is 7.51. The average molecular weight is 270 g/mol. The molecule has 1 amide bonds. The van der Waals surface area contributed by atoms with Crippen molar-refractivity contribution >= 4 is 5.91 Å². The predicted molar refractivity (Wildman–Crippen MR) is 72.9 cm³/mol. The van der Waals surface area contributed by atoms with E-state index in [1.807, 2.05) is 0 Å². The number of hydrogen-bond donors (Lipinski definition) is 2. The highest BCUT2D eigenvalue weighted by Crippen LogP contribution is 2.17. The third-order valence-corrected chi connectivity index (χ3v) is 4.18. The Bertz CT molecular complexity index is 278. The number of likely N-dealkylation sites (tertiary alicyclic amines) is 1. The van der Waals surface area contributed by atoms with E-state index < -0.39 is 0 Å². The largest absolute Gasteiger partial charge is 0.395 e. The lowest BCUT2D eigenvalue weighted by molar-refractivity contribution is -0.129. The van der Waals surface area contributed by atoms with E-state index in [0.29, 0.717) is 25.7 Å². The number of carbonyl (C=O) groups excluding carboxylic acids is 1. The number of nitrogens with one attached hydrogen (secondary N) is 1. The number of aliphatic hydroxyl groups is 1. The number of amides is 1. The van der Waals surface area contributed by atoms with Crippen molar-refractivity contribution in [2.75, 3.05) is 39.5 Å². The molecule has 0 bridgehead atoms. The molecule has 0 radical (unpaired) electrons. The van der Waals surface area contributed by atoms with Crippen LogP contribution in [0.4, 0.5) is 0 Å². The number of hydrogen-bond acceptors (Lipinski definition) is 4. The molecule has 5 nitrogen and oxygen atoms in total. The number of piperidine rings is 1. The molecule has 19 heavy (non-hydrogen) atoms. The summed E-state index contributed by atoms with van der Waals surface area (Å²) in [6.45, 7) is 4.00. The minimum absolute atomic E-state index is 0.0311. The first-order chi connectivity index (χ1) is 9.31. The highest BCUT2D eigenvalue weighted by Gasteiger charge is 2.25. The van der Waals surface area contributed by atoms with E-state index in [1.54, 1.807) is 0 Å². The van der Waals surface area contributed by atoms with Gasteiger partial charge in [-0.2, -0.15) is 0 Å². The van der Waals surface area contributed by atoms with Crippen LogP contribution in [0.2, 0.25) is 0 Å². The molecule has 2 fully saturated rings. The highest BCUT2D eigenvalue weighted by molar-refractivity contribution is 5.78. The molecule has 2 aliphatic heterocycles. The Morgan fingerprint density at radius 1 is 1.32 bits per heavy atom. The second-order valence-corrected chi connectivity index (χ2v) is 5.57. The van der Waals surface area contributed by atoms with Gasteiger partial charge in [0.2, 0.25) is 5.91 Å². The molecule has 5 heteroatoms. The van der Waals surface area contributed by atoms with Gasteiger partial charge in [-0.1, -0.05) is 6.42 Å². The van der Waals surface area contributed by atoms with Crippen LogP contribution in [-0.2, 0) is 9.53 Å². The molecule has 0 aromatic rings. The number of carbonyl (C=O) groups is 1. The molecule has 0 unspecified atom stereocenters. The maximum Gasteiger partial charge on any atom is 0.225 e. The summed E-state index contributed by atoms with van der Waals surface area (Å²) in [5.41, 5.74) is 0. The lowest BCUT2D eigenvalue weighted by atomic mass is 9.99. The highest BCUT2D eigenvalue weighted by atomic mass is 16.5. The summed E-state index contributed by atoms with van der Waals surface area (Å²) in [6.07, 6.45) is 5.45. The second kappa shape index (κ2) is 7.82. The van der Waals surface area contributed by atoms with Crippen molar-refractivity contribution in [2.24, 2.45) is 5.92 Å². The number of rotatable bonds is 5. The summed E-state index contributed by atoms with van der Waals surface area (Å²) < 4.78 is 5.35. The van der Waals surface area contributed by atoms with Crippen LogP contribution >= 0.6 is 0 Å². The van der Waals surface area contributed by atoms with Gasteiger partial charge >= 0.3 is 0 Å². The lowest BCUT2D eigenvalue weighted by Crippen LogP contribution is -2.49. The number of nitrogens with zero attached hydrogens (tertiary/aromatic N) is 1. The zero-order chi connectivity index (χ0) is 13.5. The molecular weight excluding hydrogens is 244 g/mol. The Kier molecular flexibility index (Phi) is 6.07. The van der Waals surface area contributed by atoms with Gasteiger partial charge in [0, 0.05) is 25.7 Å².